The summed E-state index contributed by atoms with van der Waals surface area (Å²) in [5.74, 6) is 0.708. The number of benzene rings is 2. The molecule has 126 valence electrons. The summed E-state index contributed by atoms with van der Waals surface area (Å²) < 4.78 is 0. The topological polar surface area (TPSA) is 32.3 Å². The molecule has 3 heteroatoms. The Morgan fingerprint density at radius 1 is 1.08 bits per heavy atom. The minimum absolute atomic E-state index is 0.00523. The first-order chi connectivity index (χ1) is 11.8. The van der Waals surface area contributed by atoms with Gasteiger partial charge >= 0.3 is 6.03 Å². The number of nitrogens with zero attached hydrogens (tertiary/aromatic N) is 1. The Kier molecular flexibility index (Phi) is 5.52. The molecule has 0 aliphatic heterocycles. The number of amides is 2. The summed E-state index contributed by atoms with van der Waals surface area (Å²) in [5, 5.41) is 3.25. The molecule has 3 nitrogen and oxygen atoms in total. The van der Waals surface area contributed by atoms with Gasteiger partial charge < -0.3 is 10.2 Å². The first-order valence-corrected chi connectivity index (χ1v) is 8.90. The molecule has 24 heavy (non-hydrogen) atoms. The third-order valence-electron chi connectivity index (χ3n) is 4.63. The molecular formula is C21H26N2O. The fourth-order valence-electron chi connectivity index (χ4n) is 3.00. The fraction of sp³-hybridized carbons (Fsp3) is 0.381. The zero-order chi connectivity index (χ0) is 16.8. The van der Waals surface area contributed by atoms with Gasteiger partial charge in [0.1, 0.15) is 0 Å². The third-order valence-corrected chi connectivity index (χ3v) is 4.63. The summed E-state index contributed by atoms with van der Waals surface area (Å²) in [5.41, 5.74) is 2.38. The summed E-state index contributed by atoms with van der Waals surface area (Å²) in [6.07, 6.45) is 3.32. The fourth-order valence-corrected chi connectivity index (χ4v) is 3.00. The Morgan fingerprint density at radius 2 is 1.71 bits per heavy atom. The first-order valence-electron chi connectivity index (χ1n) is 8.90. The van der Waals surface area contributed by atoms with Crippen LogP contribution in [0, 0.1) is 5.92 Å². The Bertz CT molecular complexity index is 637. The maximum atomic E-state index is 12.7. The summed E-state index contributed by atoms with van der Waals surface area (Å²) in [6, 6.07) is 20.6. The molecule has 0 spiro atoms. The summed E-state index contributed by atoms with van der Waals surface area (Å²) >= 11 is 0. The first kappa shape index (κ1) is 16.6. The van der Waals surface area contributed by atoms with Crippen LogP contribution in [0.25, 0.3) is 0 Å². The van der Waals surface area contributed by atoms with Gasteiger partial charge in [-0.25, -0.2) is 4.79 Å². The Balaban J connectivity index is 1.72. The highest BCUT2D eigenvalue weighted by Gasteiger charge is 2.27. The van der Waals surface area contributed by atoms with E-state index in [2.05, 4.69) is 36.5 Å². The van der Waals surface area contributed by atoms with Crippen molar-refractivity contribution in [2.24, 2.45) is 5.92 Å². The third kappa shape index (κ3) is 4.60. The van der Waals surface area contributed by atoms with Crippen molar-refractivity contribution in [3.8, 4) is 0 Å². The van der Waals surface area contributed by atoms with E-state index in [4.69, 9.17) is 0 Å². The van der Waals surface area contributed by atoms with E-state index >= 15 is 0 Å². The number of hydrogen-bond acceptors (Lipinski definition) is 1. The van der Waals surface area contributed by atoms with Gasteiger partial charge in [0.05, 0.1) is 6.04 Å². The smallest absolute Gasteiger partial charge is 0.317 e. The average Bonchev–Trinajstić information content (AvgIpc) is 3.45. The van der Waals surface area contributed by atoms with Crippen LogP contribution in [-0.2, 0) is 6.42 Å². The normalized spacial score (nSPS) is 14.9. The standard InChI is InChI=1S/C21H26N2O/c1-2-23(16-18-13-14-18)21(24)22-20(19-11-7-4-8-12-19)15-17-9-5-3-6-10-17/h3-12,18,20H,2,13-16H2,1H3,(H,22,24). The van der Waals surface area contributed by atoms with Crippen molar-refractivity contribution >= 4 is 6.03 Å². The van der Waals surface area contributed by atoms with Crippen molar-refractivity contribution in [2.75, 3.05) is 13.1 Å². The van der Waals surface area contributed by atoms with Crippen LogP contribution in [0.3, 0.4) is 0 Å². The molecule has 0 heterocycles. The van der Waals surface area contributed by atoms with Crippen LogP contribution >= 0.6 is 0 Å². The molecule has 1 N–H and O–H groups in total. The molecule has 0 radical (unpaired) electrons. The molecule has 1 saturated carbocycles. The molecule has 2 aromatic rings. The van der Waals surface area contributed by atoms with Gasteiger partial charge in [-0.15, -0.1) is 0 Å². The molecule has 3 rings (SSSR count). The zero-order valence-electron chi connectivity index (χ0n) is 14.3. The highest BCUT2D eigenvalue weighted by molar-refractivity contribution is 5.74. The largest absolute Gasteiger partial charge is 0.331 e. The monoisotopic (exact) mass is 322 g/mol. The Labute approximate surface area is 144 Å². The van der Waals surface area contributed by atoms with Crippen LogP contribution in [0.2, 0.25) is 0 Å². The predicted molar refractivity (Wildman–Crippen MR) is 97.8 cm³/mol. The predicted octanol–water partition coefficient (Wildman–Crippen LogP) is 4.41. The zero-order valence-corrected chi connectivity index (χ0v) is 14.3. The summed E-state index contributed by atoms with van der Waals surface area (Å²) in [7, 11) is 0. The molecule has 1 aliphatic rings. The van der Waals surface area contributed by atoms with E-state index in [0.717, 1.165) is 25.1 Å². The molecular weight excluding hydrogens is 296 g/mol. The average molecular weight is 322 g/mol. The molecule has 1 unspecified atom stereocenters. The van der Waals surface area contributed by atoms with E-state index in [0.29, 0.717) is 5.92 Å². The lowest BCUT2D eigenvalue weighted by Crippen LogP contribution is -2.43. The van der Waals surface area contributed by atoms with Crippen LogP contribution in [0.5, 0.6) is 0 Å². The lowest BCUT2D eigenvalue weighted by atomic mass is 9.99. The molecule has 2 aromatic carbocycles. The van der Waals surface area contributed by atoms with Crippen molar-refractivity contribution in [1.82, 2.24) is 10.2 Å². The number of carbonyl (C=O) groups is 1. The molecule has 2 amide bonds. The second-order valence-corrected chi connectivity index (χ2v) is 6.58. The van der Waals surface area contributed by atoms with Gasteiger partial charge in [0, 0.05) is 13.1 Å². The number of hydrogen-bond donors (Lipinski definition) is 1. The molecule has 1 fully saturated rings. The number of rotatable bonds is 7. The Hall–Kier alpha value is -2.29. The van der Waals surface area contributed by atoms with Crippen LogP contribution < -0.4 is 5.32 Å². The van der Waals surface area contributed by atoms with Crippen molar-refractivity contribution in [3.05, 3.63) is 71.8 Å². The highest BCUT2D eigenvalue weighted by Crippen LogP contribution is 2.29. The molecule has 0 aromatic heterocycles. The van der Waals surface area contributed by atoms with Crippen LogP contribution in [0.1, 0.15) is 36.9 Å². The molecule has 0 bridgehead atoms. The summed E-state index contributed by atoms with van der Waals surface area (Å²) in [6.45, 7) is 3.70. The van der Waals surface area contributed by atoms with E-state index in [1.54, 1.807) is 0 Å². The minimum atomic E-state index is -0.00523. The van der Waals surface area contributed by atoms with Gasteiger partial charge in [-0.2, -0.15) is 0 Å². The maximum absolute atomic E-state index is 12.7. The van der Waals surface area contributed by atoms with Gasteiger partial charge in [0.2, 0.25) is 0 Å². The van der Waals surface area contributed by atoms with Crippen molar-refractivity contribution in [3.63, 3.8) is 0 Å². The number of carbonyl (C=O) groups excluding carboxylic acids is 1. The van der Waals surface area contributed by atoms with Gasteiger partial charge in [0.15, 0.2) is 0 Å². The van der Waals surface area contributed by atoms with E-state index in [9.17, 15) is 4.79 Å². The van der Waals surface area contributed by atoms with Gasteiger partial charge in [-0.05, 0) is 43.2 Å². The maximum Gasteiger partial charge on any atom is 0.317 e. The molecule has 1 atom stereocenters. The summed E-state index contributed by atoms with van der Waals surface area (Å²) in [4.78, 5) is 14.7. The van der Waals surface area contributed by atoms with E-state index in [1.807, 2.05) is 41.3 Å². The van der Waals surface area contributed by atoms with E-state index in [-0.39, 0.29) is 12.1 Å². The van der Waals surface area contributed by atoms with Crippen LogP contribution in [0.15, 0.2) is 60.7 Å². The SMILES string of the molecule is CCN(CC1CC1)C(=O)NC(Cc1ccccc1)c1ccccc1. The van der Waals surface area contributed by atoms with Gasteiger partial charge in [-0.3, -0.25) is 0 Å². The van der Waals surface area contributed by atoms with Crippen molar-refractivity contribution in [2.45, 2.75) is 32.2 Å². The number of nitrogens with one attached hydrogen (secondary N) is 1. The van der Waals surface area contributed by atoms with Crippen molar-refractivity contribution < 1.29 is 4.79 Å². The van der Waals surface area contributed by atoms with Crippen molar-refractivity contribution in [1.29, 1.82) is 0 Å². The van der Waals surface area contributed by atoms with Crippen LogP contribution in [-0.4, -0.2) is 24.0 Å². The quantitative estimate of drug-likeness (QED) is 0.804. The lowest BCUT2D eigenvalue weighted by molar-refractivity contribution is 0.194. The minimum Gasteiger partial charge on any atom is -0.331 e. The second kappa shape index (κ2) is 8.00. The van der Waals surface area contributed by atoms with Crippen LogP contribution in [0.4, 0.5) is 4.79 Å². The lowest BCUT2D eigenvalue weighted by Gasteiger charge is -2.26. The Morgan fingerprint density at radius 3 is 2.29 bits per heavy atom. The number of urea groups is 1. The highest BCUT2D eigenvalue weighted by atomic mass is 16.2. The van der Waals surface area contributed by atoms with Gasteiger partial charge in [0.25, 0.3) is 0 Å². The molecule has 0 saturated heterocycles. The van der Waals surface area contributed by atoms with E-state index in [1.165, 1.54) is 18.4 Å². The second-order valence-electron chi connectivity index (χ2n) is 6.58. The van der Waals surface area contributed by atoms with Gasteiger partial charge in [-0.1, -0.05) is 60.7 Å². The van der Waals surface area contributed by atoms with E-state index < -0.39 is 0 Å². The molecule has 1 aliphatic carbocycles.